The van der Waals surface area contributed by atoms with Crippen LogP contribution in [0.4, 0.5) is 11.4 Å². The topological polar surface area (TPSA) is 134 Å². The van der Waals surface area contributed by atoms with Crippen molar-refractivity contribution >= 4 is 35.5 Å². The van der Waals surface area contributed by atoms with E-state index in [9.17, 15) is 9.59 Å². The Kier molecular flexibility index (Phi) is 11.1. The lowest BCUT2D eigenvalue weighted by atomic mass is 9.89. The Morgan fingerprint density at radius 2 is 1.94 bits per heavy atom. The van der Waals surface area contributed by atoms with Crippen LogP contribution in [0.1, 0.15) is 56.4 Å². The highest BCUT2D eigenvalue weighted by Gasteiger charge is 2.23. The average molecular weight is 506 g/mol. The summed E-state index contributed by atoms with van der Waals surface area (Å²) in [5, 5.41) is 3.94. The predicted octanol–water partition coefficient (Wildman–Crippen LogP) is 1.68. The third-order valence-corrected chi connectivity index (χ3v) is 8.44. The molecule has 2 aliphatic rings. The van der Waals surface area contributed by atoms with E-state index in [1.165, 1.54) is 22.7 Å². The van der Waals surface area contributed by atoms with Crippen molar-refractivity contribution in [2.24, 2.45) is 11.6 Å². The second kappa shape index (κ2) is 14.0. The van der Waals surface area contributed by atoms with Gasteiger partial charge in [0.1, 0.15) is 12.3 Å². The molecule has 0 aromatic heterocycles. The summed E-state index contributed by atoms with van der Waals surface area (Å²) >= 11 is 1.98. The maximum Gasteiger partial charge on any atom is 0.219 e. The number of anilines is 2. The highest BCUT2D eigenvalue weighted by Crippen LogP contribution is 2.33. The van der Waals surface area contributed by atoms with E-state index in [1.807, 2.05) is 24.1 Å². The van der Waals surface area contributed by atoms with Crippen molar-refractivity contribution in [1.29, 1.82) is 0 Å². The lowest BCUT2D eigenvalue weighted by Gasteiger charge is -2.33. The summed E-state index contributed by atoms with van der Waals surface area (Å²) in [6, 6.07) is 5.76. The number of aldehydes is 1. The molecule has 2 aliphatic heterocycles. The fourth-order valence-corrected chi connectivity index (χ4v) is 5.88. The van der Waals surface area contributed by atoms with Crippen molar-refractivity contribution < 1.29 is 9.59 Å². The van der Waals surface area contributed by atoms with E-state index >= 15 is 0 Å². The van der Waals surface area contributed by atoms with Gasteiger partial charge in [0.05, 0.1) is 11.4 Å². The molecule has 10 heteroatoms. The summed E-state index contributed by atoms with van der Waals surface area (Å²) in [4.78, 5) is 25.7. The van der Waals surface area contributed by atoms with E-state index in [1.54, 1.807) is 7.05 Å². The van der Waals surface area contributed by atoms with E-state index in [0.717, 1.165) is 64.7 Å². The molecular weight excluding hydrogens is 462 g/mol. The number of hydrazine groups is 1. The molecule has 0 radical (unpaired) electrons. The van der Waals surface area contributed by atoms with Crippen LogP contribution in [0.2, 0.25) is 0 Å². The number of nitrogens with two attached hydrogens (primary N) is 3. The molecule has 1 amide bonds. The zero-order valence-corrected chi connectivity index (χ0v) is 21.8. The van der Waals surface area contributed by atoms with Gasteiger partial charge in [-0.3, -0.25) is 14.1 Å². The van der Waals surface area contributed by atoms with Crippen LogP contribution >= 0.6 is 11.9 Å². The van der Waals surface area contributed by atoms with E-state index in [0.29, 0.717) is 29.8 Å². The van der Waals surface area contributed by atoms with Gasteiger partial charge >= 0.3 is 0 Å². The van der Waals surface area contributed by atoms with Crippen LogP contribution in [-0.2, 0) is 9.59 Å². The van der Waals surface area contributed by atoms with Crippen molar-refractivity contribution in [3.63, 3.8) is 0 Å². The standard InChI is InChI=1S/C25H43N7O2S/c1-29-25(34)6-4-22(18-33)32(28)24-5-3-20(17-23(24)27)19-7-12-30(13-8-19)11-2-16-35-31-14-9-21(26)10-15-31/h3,5,17-19,21-22H,2,4,6-16,26-28H2,1H3,(H,29,34). The molecule has 35 heavy (non-hydrogen) atoms. The molecule has 1 aromatic rings. The van der Waals surface area contributed by atoms with Crippen molar-refractivity contribution in [2.45, 2.75) is 62.9 Å². The smallest absolute Gasteiger partial charge is 0.219 e. The SMILES string of the molecule is CNC(=O)CCC(C=O)N(N)c1ccc(C2CCN(CCCSN3CCC(N)CC3)CC2)cc1N. The molecule has 1 aromatic carbocycles. The molecule has 196 valence electrons. The first-order valence-corrected chi connectivity index (χ1v) is 13.8. The number of nitrogens with zero attached hydrogens (tertiary/aromatic N) is 3. The quantitative estimate of drug-likeness (QED) is 0.0836. The van der Waals surface area contributed by atoms with Gasteiger partial charge < -0.3 is 26.5 Å². The molecule has 3 rings (SSSR count). The molecule has 2 saturated heterocycles. The lowest BCUT2D eigenvalue weighted by Crippen LogP contribution is -2.43. The number of rotatable bonds is 12. The summed E-state index contributed by atoms with van der Waals surface area (Å²) in [6.07, 6.45) is 7.02. The van der Waals surface area contributed by atoms with Crippen molar-refractivity contribution in [1.82, 2.24) is 14.5 Å². The number of carbonyl (C=O) groups is 2. The highest BCUT2D eigenvalue weighted by molar-refractivity contribution is 7.97. The van der Waals surface area contributed by atoms with Crippen LogP contribution in [0.25, 0.3) is 0 Å². The van der Waals surface area contributed by atoms with Crippen LogP contribution in [0.15, 0.2) is 18.2 Å². The first kappa shape index (κ1) is 27.7. The summed E-state index contributed by atoms with van der Waals surface area (Å²) in [7, 11) is 1.58. The fourth-order valence-electron chi connectivity index (χ4n) is 4.89. The Labute approximate surface area is 214 Å². The third kappa shape index (κ3) is 8.35. The number of piperidine rings is 2. The zero-order valence-electron chi connectivity index (χ0n) is 21.0. The summed E-state index contributed by atoms with van der Waals surface area (Å²) < 4.78 is 2.48. The number of carbonyl (C=O) groups excluding carboxylic acids is 2. The summed E-state index contributed by atoms with van der Waals surface area (Å²) in [6.45, 7) is 5.59. The Balaban J connectivity index is 1.42. The van der Waals surface area contributed by atoms with Gasteiger partial charge in [-0.05, 0) is 81.8 Å². The highest BCUT2D eigenvalue weighted by atomic mass is 32.2. The van der Waals surface area contributed by atoms with Crippen LogP contribution in [0, 0.1) is 0 Å². The largest absolute Gasteiger partial charge is 0.397 e. The number of amides is 1. The number of hydrogen-bond acceptors (Lipinski definition) is 9. The molecule has 1 atom stereocenters. The van der Waals surface area contributed by atoms with Crippen molar-refractivity contribution in [3.8, 4) is 0 Å². The number of nitrogen functional groups attached to an aromatic ring is 1. The van der Waals surface area contributed by atoms with Crippen LogP contribution < -0.4 is 27.6 Å². The Morgan fingerprint density at radius 3 is 2.57 bits per heavy atom. The first-order valence-electron chi connectivity index (χ1n) is 12.9. The van der Waals surface area contributed by atoms with Crippen LogP contribution in [0.3, 0.4) is 0 Å². The molecule has 0 spiro atoms. The van der Waals surface area contributed by atoms with Gasteiger partial charge in [-0.15, -0.1) is 0 Å². The summed E-state index contributed by atoms with van der Waals surface area (Å²) in [5.41, 5.74) is 14.7. The number of likely N-dealkylation sites (tertiary alicyclic amines) is 1. The second-order valence-electron chi connectivity index (χ2n) is 9.71. The Hall–Kier alpha value is -1.85. The summed E-state index contributed by atoms with van der Waals surface area (Å²) in [5.74, 6) is 7.75. The Bertz CT molecular complexity index is 811. The molecule has 2 fully saturated rings. The minimum atomic E-state index is -0.602. The fraction of sp³-hybridized carbons (Fsp3) is 0.680. The minimum absolute atomic E-state index is 0.120. The monoisotopic (exact) mass is 505 g/mol. The van der Waals surface area contributed by atoms with E-state index in [-0.39, 0.29) is 12.3 Å². The van der Waals surface area contributed by atoms with Gasteiger partial charge in [-0.2, -0.15) is 0 Å². The molecule has 2 heterocycles. The van der Waals surface area contributed by atoms with E-state index in [2.05, 4.69) is 20.6 Å². The molecule has 0 aliphatic carbocycles. The number of nitrogens with one attached hydrogen (secondary N) is 1. The molecular formula is C25H43N7O2S. The van der Waals surface area contributed by atoms with E-state index in [4.69, 9.17) is 17.3 Å². The van der Waals surface area contributed by atoms with Gasteiger partial charge in [0.15, 0.2) is 0 Å². The number of hydrogen-bond donors (Lipinski definition) is 4. The first-order chi connectivity index (χ1) is 16.9. The average Bonchev–Trinajstić information content (AvgIpc) is 2.88. The van der Waals surface area contributed by atoms with Crippen LogP contribution in [-0.4, -0.2) is 79.0 Å². The predicted molar refractivity (Wildman–Crippen MR) is 145 cm³/mol. The third-order valence-electron chi connectivity index (χ3n) is 7.24. The van der Waals surface area contributed by atoms with Crippen molar-refractivity contribution in [3.05, 3.63) is 23.8 Å². The van der Waals surface area contributed by atoms with Gasteiger partial charge in [0.2, 0.25) is 5.91 Å². The Morgan fingerprint density at radius 1 is 1.23 bits per heavy atom. The lowest BCUT2D eigenvalue weighted by molar-refractivity contribution is -0.120. The van der Waals surface area contributed by atoms with Gasteiger partial charge in [0.25, 0.3) is 0 Å². The number of benzene rings is 1. The molecule has 0 saturated carbocycles. The minimum Gasteiger partial charge on any atom is -0.397 e. The van der Waals surface area contributed by atoms with Crippen LogP contribution in [0.5, 0.6) is 0 Å². The molecule has 9 nitrogen and oxygen atoms in total. The molecule has 7 N–H and O–H groups in total. The maximum atomic E-state index is 11.6. The maximum absolute atomic E-state index is 11.6. The van der Waals surface area contributed by atoms with Gasteiger partial charge in [0, 0.05) is 38.4 Å². The van der Waals surface area contributed by atoms with Crippen molar-refractivity contribution in [2.75, 3.05) is 56.3 Å². The zero-order chi connectivity index (χ0) is 25.2. The van der Waals surface area contributed by atoms with Gasteiger partial charge in [-0.1, -0.05) is 18.0 Å². The normalized spacial score (nSPS) is 19.4. The second-order valence-corrected chi connectivity index (χ2v) is 10.9. The van der Waals surface area contributed by atoms with E-state index < -0.39 is 6.04 Å². The molecule has 0 bridgehead atoms. The molecule has 1 unspecified atom stereocenters. The van der Waals surface area contributed by atoms with Gasteiger partial charge in [-0.25, -0.2) is 5.84 Å².